The van der Waals surface area contributed by atoms with Gasteiger partial charge in [0.15, 0.2) is 0 Å². The highest BCUT2D eigenvalue weighted by atomic mass is 35.5. The number of nitrogens with zero attached hydrogens (tertiary/aromatic N) is 1. The van der Waals surface area contributed by atoms with Crippen molar-refractivity contribution in [2.24, 2.45) is 11.7 Å². The van der Waals surface area contributed by atoms with Crippen molar-refractivity contribution in [3.63, 3.8) is 0 Å². The molecule has 0 spiro atoms. The zero-order chi connectivity index (χ0) is 12.8. The van der Waals surface area contributed by atoms with Crippen molar-refractivity contribution >= 4 is 11.6 Å². The van der Waals surface area contributed by atoms with Crippen molar-refractivity contribution in [2.45, 2.75) is 26.3 Å². The molecule has 0 heterocycles. The second kappa shape index (κ2) is 7.00. The maximum absolute atomic E-state index is 5.90. The summed E-state index contributed by atoms with van der Waals surface area (Å²) in [5.41, 5.74) is 7.12. The Balaban J connectivity index is 2.73. The number of rotatable bonds is 6. The lowest BCUT2D eigenvalue weighted by Crippen LogP contribution is -2.33. The summed E-state index contributed by atoms with van der Waals surface area (Å²) in [6, 6.07) is 8.26. The summed E-state index contributed by atoms with van der Waals surface area (Å²) in [6.07, 6.45) is 1.20. The van der Waals surface area contributed by atoms with Crippen molar-refractivity contribution < 1.29 is 0 Å². The Hall–Kier alpha value is -0.570. The van der Waals surface area contributed by atoms with Crippen LogP contribution >= 0.6 is 11.6 Å². The van der Waals surface area contributed by atoms with Crippen molar-refractivity contribution in [3.8, 4) is 0 Å². The zero-order valence-electron chi connectivity index (χ0n) is 11.0. The van der Waals surface area contributed by atoms with E-state index >= 15 is 0 Å². The van der Waals surface area contributed by atoms with E-state index in [1.54, 1.807) is 0 Å². The molecule has 0 aliphatic heterocycles. The van der Waals surface area contributed by atoms with Crippen LogP contribution in [0, 0.1) is 5.92 Å². The number of hydrogen-bond acceptors (Lipinski definition) is 2. The molecule has 0 aliphatic rings. The van der Waals surface area contributed by atoms with Crippen LogP contribution in [0.15, 0.2) is 24.3 Å². The highest BCUT2D eigenvalue weighted by Crippen LogP contribution is 2.21. The van der Waals surface area contributed by atoms with Crippen LogP contribution in [0.5, 0.6) is 0 Å². The van der Waals surface area contributed by atoms with Gasteiger partial charge in [0, 0.05) is 24.2 Å². The summed E-state index contributed by atoms with van der Waals surface area (Å²) in [6.45, 7) is 6.19. The van der Waals surface area contributed by atoms with E-state index in [2.05, 4.69) is 37.9 Å². The highest BCUT2D eigenvalue weighted by molar-refractivity contribution is 6.30. The molecule has 0 aliphatic carbocycles. The van der Waals surface area contributed by atoms with Crippen LogP contribution in [0.25, 0.3) is 0 Å². The van der Waals surface area contributed by atoms with Gasteiger partial charge >= 0.3 is 0 Å². The summed E-state index contributed by atoms with van der Waals surface area (Å²) in [7, 11) is 2.14. The summed E-state index contributed by atoms with van der Waals surface area (Å²) < 4.78 is 0. The van der Waals surface area contributed by atoms with Gasteiger partial charge in [-0.25, -0.2) is 0 Å². The lowest BCUT2D eigenvalue weighted by Gasteiger charge is -2.29. The van der Waals surface area contributed by atoms with Crippen LogP contribution in [-0.4, -0.2) is 25.0 Å². The predicted molar refractivity (Wildman–Crippen MR) is 75.3 cm³/mol. The quantitative estimate of drug-likeness (QED) is 0.844. The lowest BCUT2D eigenvalue weighted by atomic mass is 10.0. The van der Waals surface area contributed by atoms with Crippen molar-refractivity contribution in [2.75, 3.05) is 20.1 Å². The Labute approximate surface area is 110 Å². The molecule has 0 saturated carbocycles. The van der Waals surface area contributed by atoms with E-state index in [0.29, 0.717) is 12.5 Å². The lowest BCUT2D eigenvalue weighted by molar-refractivity contribution is 0.215. The van der Waals surface area contributed by atoms with Crippen LogP contribution in [0.1, 0.15) is 31.9 Å². The normalized spacial score (nSPS) is 14.9. The first-order valence-electron chi connectivity index (χ1n) is 6.24. The SMILES string of the molecule is CCC(C)CN(C)C(CN)c1ccc(Cl)cc1. The minimum Gasteiger partial charge on any atom is -0.329 e. The van der Waals surface area contributed by atoms with Crippen molar-refractivity contribution in [1.82, 2.24) is 4.90 Å². The maximum atomic E-state index is 5.90. The number of hydrogen-bond donors (Lipinski definition) is 1. The Morgan fingerprint density at radius 3 is 2.35 bits per heavy atom. The molecule has 3 heteroatoms. The van der Waals surface area contributed by atoms with Gasteiger partial charge in [-0.05, 0) is 30.7 Å². The molecule has 2 unspecified atom stereocenters. The monoisotopic (exact) mass is 254 g/mol. The fraction of sp³-hybridized carbons (Fsp3) is 0.571. The number of likely N-dealkylation sites (N-methyl/N-ethyl adjacent to an activating group) is 1. The van der Waals surface area contributed by atoms with Gasteiger partial charge in [-0.15, -0.1) is 0 Å². The van der Waals surface area contributed by atoms with E-state index in [1.165, 1.54) is 12.0 Å². The molecule has 1 aromatic rings. The maximum Gasteiger partial charge on any atom is 0.0467 e. The van der Waals surface area contributed by atoms with Crippen LogP contribution in [0.3, 0.4) is 0 Å². The standard InChI is InChI=1S/C14H23ClN2/c1-4-11(2)10-17(3)14(9-16)12-5-7-13(15)8-6-12/h5-8,11,14H,4,9-10,16H2,1-3H3. The van der Waals surface area contributed by atoms with Gasteiger partial charge < -0.3 is 5.73 Å². The molecule has 2 N–H and O–H groups in total. The van der Waals surface area contributed by atoms with E-state index in [9.17, 15) is 0 Å². The topological polar surface area (TPSA) is 29.3 Å². The highest BCUT2D eigenvalue weighted by Gasteiger charge is 2.16. The van der Waals surface area contributed by atoms with Crippen LogP contribution in [0.4, 0.5) is 0 Å². The first-order chi connectivity index (χ1) is 8.08. The van der Waals surface area contributed by atoms with Gasteiger partial charge in [0.1, 0.15) is 0 Å². The third-order valence-corrected chi connectivity index (χ3v) is 3.56. The molecule has 0 saturated heterocycles. The number of nitrogens with two attached hydrogens (primary N) is 1. The molecule has 0 fully saturated rings. The smallest absolute Gasteiger partial charge is 0.0467 e. The Morgan fingerprint density at radius 1 is 1.29 bits per heavy atom. The van der Waals surface area contributed by atoms with Gasteiger partial charge in [0.2, 0.25) is 0 Å². The van der Waals surface area contributed by atoms with Crippen LogP contribution in [-0.2, 0) is 0 Å². The van der Waals surface area contributed by atoms with E-state index in [1.807, 2.05) is 12.1 Å². The largest absolute Gasteiger partial charge is 0.329 e. The molecule has 0 bridgehead atoms. The molecule has 1 rings (SSSR count). The average molecular weight is 255 g/mol. The van der Waals surface area contributed by atoms with E-state index in [0.717, 1.165) is 11.6 Å². The summed E-state index contributed by atoms with van der Waals surface area (Å²) in [5, 5.41) is 0.772. The fourth-order valence-corrected chi connectivity index (χ4v) is 2.13. The molecule has 0 amide bonds. The van der Waals surface area contributed by atoms with Gasteiger partial charge in [-0.2, -0.15) is 0 Å². The van der Waals surface area contributed by atoms with Gasteiger partial charge in [-0.1, -0.05) is 44.0 Å². The Morgan fingerprint density at radius 2 is 1.88 bits per heavy atom. The molecule has 0 aromatic heterocycles. The van der Waals surface area contributed by atoms with Gasteiger partial charge in [-0.3, -0.25) is 4.90 Å². The second-order valence-corrected chi connectivity index (χ2v) is 5.19. The number of benzene rings is 1. The van der Waals surface area contributed by atoms with Gasteiger partial charge in [0.25, 0.3) is 0 Å². The molecule has 96 valence electrons. The minimum absolute atomic E-state index is 0.279. The van der Waals surface area contributed by atoms with E-state index in [4.69, 9.17) is 17.3 Å². The summed E-state index contributed by atoms with van der Waals surface area (Å²) in [5.74, 6) is 0.696. The Bertz CT molecular complexity index is 323. The minimum atomic E-state index is 0.279. The molecular formula is C14H23ClN2. The van der Waals surface area contributed by atoms with Gasteiger partial charge in [0.05, 0.1) is 0 Å². The average Bonchev–Trinajstić information content (AvgIpc) is 2.32. The molecule has 0 radical (unpaired) electrons. The van der Waals surface area contributed by atoms with Crippen LogP contribution in [0.2, 0.25) is 5.02 Å². The third kappa shape index (κ3) is 4.30. The first-order valence-corrected chi connectivity index (χ1v) is 6.62. The predicted octanol–water partition coefficient (Wildman–Crippen LogP) is 3.32. The van der Waals surface area contributed by atoms with Crippen LogP contribution < -0.4 is 5.73 Å². The number of halogens is 1. The zero-order valence-corrected chi connectivity index (χ0v) is 11.7. The van der Waals surface area contributed by atoms with E-state index in [-0.39, 0.29) is 6.04 Å². The molecular weight excluding hydrogens is 232 g/mol. The molecule has 2 atom stereocenters. The van der Waals surface area contributed by atoms with Crippen molar-refractivity contribution in [1.29, 1.82) is 0 Å². The van der Waals surface area contributed by atoms with Crippen molar-refractivity contribution in [3.05, 3.63) is 34.9 Å². The molecule has 17 heavy (non-hydrogen) atoms. The molecule has 2 nitrogen and oxygen atoms in total. The second-order valence-electron chi connectivity index (χ2n) is 4.76. The first kappa shape index (κ1) is 14.5. The van der Waals surface area contributed by atoms with E-state index < -0.39 is 0 Å². The summed E-state index contributed by atoms with van der Waals surface area (Å²) in [4.78, 5) is 2.33. The molecule has 1 aromatic carbocycles. The fourth-order valence-electron chi connectivity index (χ4n) is 2.00. The third-order valence-electron chi connectivity index (χ3n) is 3.31. The Kier molecular flexibility index (Phi) is 5.96. The summed E-state index contributed by atoms with van der Waals surface area (Å²) >= 11 is 5.90.